The van der Waals surface area contributed by atoms with E-state index in [2.05, 4.69) is 10.4 Å². The zero-order valence-electron chi connectivity index (χ0n) is 12.8. The number of carbonyl (C=O) groups is 1. The second-order valence-electron chi connectivity index (χ2n) is 6.26. The van der Waals surface area contributed by atoms with Gasteiger partial charge in [-0.2, -0.15) is 5.10 Å². The van der Waals surface area contributed by atoms with Crippen molar-refractivity contribution in [2.24, 2.45) is 11.7 Å². The Morgan fingerprint density at radius 1 is 1.41 bits per heavy atom. The van der Waals surface area contributed by atoms with Crippen LogP contribution in [-0.2, 0) is 6.54 Å². The Kier molecular flexibility index (Phi) is 3.98. The summed E-state index contributed by atoms with van der Waals surface area (Å²) in [5, 5.41) is 7.35. The summed E-state index contributed by atoms with van der Waals surface area (Å²) < 4.78 is 1.78. The van der Waals surface area contributed by atoms with Gasteiger partial charge in [0.25, 0.3) is 5.91 Å². The number of hydrogen-bond donors (Lipinski definition) is 2. The van der Waals surface area contributed by atoms with Crippen LogP contribution in [0, 0.1) is 5.92 Å². The summed E-state index contributed by atoms with van der Waals surface area (Å²) in [5.41, 5.74) is 7.27. The van der Waals surface area contributed by atoms with Crippen LogP contribution in [0.15, 0.2) is 42.7 Å². The van der Waals surface area contributed by atoms with Crippen molar-refractivity contribution >= 4 is 5.91 Å². The van der Waals surface area contributed by atoms with Crippen molar-refractivity contribution in [2.45, 2.75) is 31.8 Å². The van der Waals surface area contributed by atoms with Crippen LogP contribution >= 0.6 is 0 Å². The van der Waals surface area contributed by atoms with Gasteiger partial charge in [0.05, 0.1) is 23.8 Å². The molecular weight excluding hydrogens is 276 g/mol. The lowest BCUT2D eigenvalue weighted by Gasteiger charge is -2.29. The van der Waals surface area contributed by atoms with E-state index in [1.54, 1.807) is 17.1 Å². The average molecular weight is 298 g/mol. The normalized spacial score (nSPS) is 17.0. The zero-order chi connectivity index (χ0) is 15.6. The van der Waals surface area contributed by atoms with Gasteiger partial charge in [-0.15, -0.1) is 0 Å². The molecular formula is C17H22N4O. The average Bonchev–Trinajstić information content (AvgIpc) is 3.29. The van der Waals surface area contributed by atoms with Crippen molar-refractivity contribution in [2.75, 3.05) is 6.54 Å². The Bertz CT molecular complexity index is 648. The van der Waals surface area contributed by atoms with Crippen molar-refractivity contribution in [3.63, 3.8) is 0 Å². The Balaban J connectivity index is 1.66. The number of nitrogens with one attached hydrogen (secondary N) is 1. The van der Waals surface area contributed by atoms with E-state index in [1.165, 1.54) is 0 Å². The number of benzene rings is 1. The Hall–Kier alpha value is -2.14. The van der Waals surface area contributed by atoms with Gasteiger partial charge in [0.15, 0.2) is 0 Å². The standard InChI is InChI=1S/C17H22N4O/c1-17(12-18,15-7-8-15)20-16(22)14-9-19-21(11-14)10-13-5-3-2-4-6-13/h2-6,9,11,15H,7-8,10,12,18H2,1H3,(H,20,22). The summed E-state index contributed by atoms with van der Waals surface area (Å²) in [6.07, 6.45) is 5.68. The lowest BCUT2D eigenvalue weighted by Crippen LogP contribution is -2.53. The highest BCUT2D eigenvalue weighted by Gasteiger charge is 2.41. The molecule has 1 aromatic carbocycles. The Morgan fingerprint density at radius 2 is 2.14 bits per heavy atom. The van der Waals surface area contributed by atoms with Gasteiger partial charge in [0.2, 0.25) is 0 Å². The lowest BCUT2D eigenvalue weighted by atomic mass is 9.95. The van der Waals surface area contributed by atoms with Gasteiger partial charge in [0.1, 0.15) is 0 Å². The molecule has 1 saturated carbocycles. The van der Waals surface area contributed by atoms with E-state index in [4.69, 9.17) is 5.73 Å². The molecule has 0 spiro atoms. The number of hydrogen-bond acceptors (Lipinski definition) is 3. The van der Waals surface area contributed by atoms with Crippen molar-refractivity contribution in [3.8, 4) is 0 Å². The molecule has 1 amide bonds. The number of nitrogens with two attached hydrogens (primary N) is 1. The van der Waals surface area contributed by atoms with Crippen molar-refractivity contribution in [1.29, 1.82) is 0 Å². The maximum Gasteiger partial charge on any atom is 0.254 e. The molecule has 0 saturated heterocycles. The molecule has 0 bridgehead atoms. The molecule has 1 aliphatic carbocycles. The smallest absolute Gasteiger partial charge is 0.254 e. The van der Waals surface area contributed by atoms with Gasteiger partial charge < -0.3 is 11.1 Å². The van der Waals surface area contributed by atoms with Crippen molar-refractivity contribution in [1.82, 2.24) is 15.1 Å². The van der Waals surface area contributed by atoms with Gasteiger partial charge in [-0.05, 0) is 31.2 Å². The lowest BCUT2D eigenvalue weighted by molar-refractivity contribution is 0.0897. The minimum Gasteiger partial charge on any atom is -0.345 e. The van der Waals surface area contributed by atoms with Crippen LogP contribution in [0.2, 0.25) is 0 Å². The van der Waals surface area contributed by atoms with E-state index in [9.17, 15) is 4.79 Å². The first-order valence-electron chi connectivity index (χ1n) is 7.70. The van der Waals surface area contributed by atoms with Crippen LogP contribution < -0.4 is 11.1 Å². The molecule has 0 aliphatic heterocycles. The molecule has 1 fully saturated rings. The SMILES string of the molecule is CC(CN)(NC(=O)c1cnn(Cc2ccccc2)c1)C1CC1. The van der Waals surface area contributed by atoms with Gasteiger partial charge in [-0.1, -0.05) is 30.3 Å². The van der Waals surface area contributed by atoms with Crippen LogP contribution in [-0.4, -0.2) is 27.8 Å². The molecule has 22 heavy (non-hydrogen) atoms. The number of aromatic nitrogens is 2. The van der Waals surface area contributed by atoms with E-state index in [-0.39, 0.29) is 11.4 Å². The molecule has 1 heterocycles. The van der Waals surface area contributed by atoms with Crippen LogP contribution in [0.5, 0.6) is 0 Å². The minimum atomic E-state index is -0.307. The highest BCUT2D eigenvalue weighted by Crippen LogP contribution is 2.39. The monoisotopic (exact) mass is 298 g/mol. The fraction of sp³-hybridized carbons (Fsp3) is 0.412. The van der Waals surface area contributed by atoms with Crippen LogP contribution in [0.4, 0.5) is 0 Å². The quantitative estimate of drug-likeness (QED) is 0.854. The highest BCUT2D eigenvalue weighted by atomic mass is 16.1. The third-order valence-electron chi connectivity index (χ3n) is 4.38. The zero-order valence-corrected chi connectivity index (χ0v) is 12.8. The maximum absolute atomic E-state index is 12.4. The van der Waals surface area contributed by atoms with Gasteiger partial charge >= 0.3 is 0 Å². The van der Waals surface area contributed by atoms with Gasteiger partial charge in [0, 0.05) is 12.7 Å². The first-order chi connectivity index (χ1) is 10.6. The third kappa shape index (κ3) is 3.20. The van der Waals surface area contributed by atoms with Crippen LogP contribution in [0.1, 0.15) is 35.7 Å². The number of amides is 1. The molecule has 5 nitrogen and oxygen atoms in total. The molecule has 1 aromatic heterocycles. The predicted molar refractivity (Wildman–Crippen MR) is 85.4 cm³/mol. The topological polar surface area (TPSA) is 72.9 Å². The van der Waals surface area contributed by atoms with Crippen molar-refractivity contribution in [3.05, 3.63) is 53.9 Å². The second kappa shape index (κ2) is 5.93. The van der Waals surface area contributed by atoms with Crippen LogP contribution in [0.25, 0.3) is 0 Å². The molecule has 2 aromatic rings. The molecule has 1 unspecified atom stereocenters. The van der Waals surface area contributed by atoms with E-state index >= 15 is 0 Å². The summed E-state index contributed by atoms with van der Waals surface area (Å²) in [5.74, 6) is 0.403. The molecule has 3 N–H and O–H groups in total. The number of nitrogens with zero attached hydrogens (tertiary/aromatic N) is 2. The summed E-state index contributed by atoms with van der Waals surface area (Å²) in [6, 6.07) is 10.1. The Morgan fingerprint density at radius 3 is 2.77 bits per heavy atom. The fourth-order valence-corrected chi connectivity index (χ4v) is 2.71. The first-order valence-corrected chi connectivity index (χ1v) is 7.70. The Labute approximate surface area is 130 Å². The first kappa shape index (κ1) is 14.8. The second-order valence-corrected chi connectivity index (χ2v) is 6.26. The molecule has 1 aliphatic rings. The number of carbonyl (C=O) groups excluding carboxylic acids is 1. The third-order valence-corrected chi connectivity index (χ3v) is 4.38. The van der Waals surface area contributed by atoms with Gasteiger partial charge in [-0.25, -0.2) is 0 Å². The molecule has 116 valence electrons. The van der Waals surface area contributed by atoms with E-state index < -0.39 is 0 Å². The van der Waals surface area contributed by atoms with Gasteiger partial charge in [-0.3, -0.25) is 9.48 Å². The van der Waals surface area contributed by atoms with E-state index in [1.807, 2.05) is 37.3 Å². The largest absolute Gasteiger partial charge is 0.345 e. The van der Waals surface area contributed by atoms with Crippen LogP contribution in [0.3, 0.4) is 0 Å². The molecule has 0 radical (unpaired) electrons. The fourth-order valence-electron chi connectivity index (χ4n) is 2.71. The predicted octanol–water partition coefficient (Wildman–Crippen LogP) is 1.79. The summed E-state index contributed by atoms with van der Waals surface area (Å²) in [6.45, 7) is 3.14. The van der Waals surface area contributed by atoms with E-state index in [0.717, 1.165) is 18.4 Å². The summed E-state index contributed by atoms with van der Waals surface area (Å²) >= 11 is 0. The minimum absolute atomic E-state index is 0.0980. The number of rotatable bonds is 6. The van der Waals surface area contributed by atoms with E-state index in [0.29, 0.717) is 24.6 Å². The maximum atomic E-state index is 12.4. The summed E-state index contributed by atoms with van der Waals surface area (Å²) in [4.78, 5) is 12.4. The highest BCUT2D eigenvalue weighted by molar-refractivity contribution is 5.94. The molecule has 3 rings (SSSR count). The summed E-state index contributed by atoms with van der Waals surface area (Å²) in [7, 11) is 0. The molecule has 1 atom stereocenters. The molecule has 5 heteroatoms. The van der Waals surface area contributed by atoms with Crippen molar-refractivity contribution < 1.29 is 4.79 Å².